The zero-order chi connectivity index (χ0) is 13.8. The molecule has 0 saturated carbocycles. The fourth-order valence-electron chi connectivity index (χ4n) is 1.51. The van der Waals surface area contributed by atoms with Crippen LogP contribution >= 0.6 is 11.8 Å². The largest absolute Gasteiger partial charge is 0.353 e. The van der Waals surface area contributed by atoms with Crippen LogP contribution in [0.4, 0.5) is 0 Å². The zero-order valence-electron chi connectivity index (χ0n) is 11.3. The maximum atomic E-state index is 11.8. The van der Waals surface area contributed by atoms with Gasteiger partial charge in [0, 0.05) is 12.2 Å². The minimum atomic E-state index is 0.0267. The van der Waals surface area contributed by atoms with Crippen LogP contribution in [-0.2, 0) is 4.79 Å². The monoisotopic (exact) mass is 278 g/mol. The predicted octanol–water partition coefficient (Wildman–Crippen LogP) is 1.98. The van der Waals surface area contributed by atoms with Crippen LogP contribution in [-0.4, -0.2) is 32.3 Å². The summed E-state index contributed by atoms with van der Waals surface area (Å²) in [5.41, 5.74) is 0.793. The minimum Gasteiger partial charge on any atom is -0.353 e. The molecule has 1 N–H and O–H groups in total. The quantitative estimate of drug-likeness (QED) is 0.850. The van der Waals surface area contributed by atoms with Crippen molar-refractivity contribution in [2.24, 2.45) is 5.92 Å². The van der Waals surface area contributed by atoms with E-state index in [-0.39, 0.29) is 11.9 Å². The molecule has 1 amide bonds. The number of nitrogens with one attached hydrogen (secondary N) is 1. The van der Waals surface area contributed by atoms with Gasteiger partial charge in [-0.05, 0) is 25.0 Å². The molecule has 6 heteroatoms. The standard InChI is InChI=1S/C13H18N4OS/c1-9(2)10(3)14-12(18)8-19-13-16-15-11-6-4-5-7-17(11)13/h4-7,9-10H,8H2,1-3H3,(H,14,18)/t10-/m1/s1. The van der Waals surface area contributed by atoms with E-state index in [0.717, 1.165) is 10.8 Å². The van der Waals surface area contributed by atoms with E-state index in [1.807, 2.05) is 35.7 Å². The third kappa shape index (κ3) is 3.47. The molecule has 19 heavy (non-hydrogen) atoms. The van der Waals surface area contributed by atoms with Crippen molar-refractivity contribution in [3.63, 3.8) is 0 Å². The maximum absolute atomic E-state index is 11.8. The van der Waals surface area contributed by atoms with E-state index < -0.39 is 0 Å². The van der Waals surface area contributed by atoms with E-state index in [2.05, 4.69) is 29.4 Å². The highest BCUT2D eigenvalue weighted by atomic mass is 32.2. The van der Waals surface area contributed by atoms with Crippen LogP contribution in [0.1, 0.15) is 20.8 Å². The van der Waals surface area contributed by atoms with Crippen LogP contribution in [0.3, 0.4) is 0 Å². The lowest BCUT2D eigenvalue weighted by Gasteiger charge is -2.16. The zero-order valence-corrected chi connectivity index (χ0v) is 12.1. The number of aromatic nitrogens is 3. The van der Waals surface area contributed by atoms with Gasteiger partial charge in [-0.3, -0.25) is 9.20 Å². The van der Waals surface area contributed by atoms with Crippen molar-refractivity contribution in [2.75, 3.05) is 5.75 Å². The lowest BCUT2D eigenvalue weighted by molar-refractivity contribution is -0.119. The molecule has 0 aliphatic carbocycles. The van der Waals surface area contributed by atoms with Crippen molar-refractivity contribution in [1.82, 2.24) is 19.9 Å². The molecule has 0 aliphatic rings. The van der Waals surface area contributed by atoms with Gasteiger partial charge < -0.3 is 5.32 Å². The lowest BCUT2D eigenvalue weighted by Crippen LogP contribution is -2.37. The summed E-state index contributed by atoms with van der Waals surface area (Å²) in [4.78, 5) is 11.8. The number of carbonyl (C=O) groups excluding carboxylic acids is 1. The summed E-state index contributed by atoms with van der Waals surface area (Å²) in [7, 11) is 0. The number of pyridine rings is 1. The Kier molecular flexibility index (Phi) is 4.42. The summed E-state index contributed by atoms with van der Waals surface area (Å²) in [6, 6.07) is 5.90. The highest BCUT2D eigenvalue weighted by molar-refractivity contribution is 7.99. The molecule has 0 radical (unpaired) electrons. The van der Waals surface area contributed by atoms with Crippen molar-refractivity contribution in [3.05, 3.63) is 24.4 Å². The summed E-state index contributed by atoms with van der Waals surface area (Å²) in [6.07, 6.45) is 1.90. The van der Waals surface area contributed by atoms with Crippen LogP contribution in [0.2, 0.25) is 0 Å². The molecule has 0 aliphatic heterocycles. The Hall–Kier alpha value is -1.56. The van der Waals surface area contributed by atoms with Crippen molar-refractivity contribution >= 4 is 23.3 Å². The summed E-state index contributed by atoms with van der Waals surface area (Å²) in [6.45, 7) is 6.19. The Morgan fingerprint density at radius 2 is 2.16 bits per heavy atom. The van der Waals surface area contributed by atoms with Gasteiger partial charge in [-0.2, -0.15) is 0 Å². The average Bonchev–Trinajstić information content (AvgIpc) is 2.79. The first-order valence-corrected chi connectivity index (χ1v) is 7.28. The molecule has 0 bridgehead atoms. The highest BCUT2D eigenvalue weighted by Crippen LogP contribution is 2.16. The van der Waals surface area contributed by atoms with E-state index in [4.69, 9.17) is 0 Å². The van der Waals surface area contributed by atoms with Gasteiger partial charge in [0.25, 0.3) is 0 Å². The van der Waals surface area contributed by atoms with E-state index >= 15 is 0 Å². The van der Waals surface area contributed by atoms with Gasteiger partial charge in [0.1, 0.15) is 0 Å². The van der Waals surface area contributed by atoms with Crippen molar-refractivity contribution in [3.8, 4) is 0 Å². The first-order chi connectivity index (χ1) is 9.08. The molecule has 0 unspecified atom stereocenters. The second-order valence-electron chi connectivity index (χ2n) is 4.80. The Labute approximate surface area is 116 Å². The van der Waals surface area contributed by atoms with Crippen LogP contribution in [0.25, 0.3) is 5.65 Å². The van der Waals surface area contributed by atoms with Gasteiger partial charge in [0.15, 0.2) is 10.8 Å². The molecule has 102 valence electrons. The fraction of sp³-hybridized carbons (Fsp3) is 0.462. The summed E-state index contributed by atoms with van der Waals surface area (Å²) >= 11 is 1.40. The summed E-state index contributed by atoms with van der Waals surface area (Å²) < 4.78 is 1.88. The lowest BCUT2D eigenvalue weighted by atomic mass is 10.1. The van der Waals surface area contributed by atoms with E-state index in [9.17, 15) is 4.79 Å². The molecule has 2 rings (SSSR count). The number of carbonyl (C=O) groups is 1. The molecule has 2 aromatic heterocycles. The van der Waals surface area contributed by atoms with Crippen molar-refractivity contribution in [1.29, 1.82) is 0 Å². The molecule has 0 aromatic carbocycles. The number of hydrogen-bond donors (Lipinski definition) is 1. The summed E-state index contributed by atoms with van der Waals surface area (Å²) in [5, 5.41) is 11.8. The van der Waals surface area contributed by atoms with Gasteiger partial charge in [-0.1, -0.05) is 31.7 Å². The molecule has 2 aromatic rings. The molecule has 0 saturated heterocycles. The molecule has 5 nitrogen and oxygen atoms in total. The smallest absolute Gasteiger partial charge is 0.230 e. The number of fused-ring (bicyclic) bond motifs is 1. The van der Waals surface area contributed by atoms with Crippen molar-refractivity contribution in [2.45, 2.75) is 32.0 Å². The Morgan fingerprint density at radius 3 is 2.89 bits per heavy atom. The first-order valence-electron chi connectivity index (χ1n) is 6.30. The molecule has 0 spiro atoms. The number of amides is 1. The summed E-state index contributed by atoms with van der Waals surface area (Å²) in [5.74, 6) is 0.814. The van der Waals surface area contributed by atoms with Crippen LogP contribution in [0.5, 0.6) is 0 Å². The highest BCUT2D eigenvalue weighted by Gasteiger charge is 2.12. The Morgan fingerprint density at radius 1 is 1.37 bits per heavy atom. The SMILES string of the molecule is CC(C)[C@@H](C)NC(=O)CSc1nnc2ccccn12. The Bertz CT molecular complexity index is 567. The first kappa shape index (κ1) is 13.9. The second kappa shape index (κ2) is 6.06. The molecule has 1 atom stereocenters. The maximum Gasteiger partial charge on any atom is 0.230 e. The third-order valence-corrected chi connectivity index (χ3v) is 3.95. The van der Waals surface area contributed by atoms with Gasteiger partial charge in [-0.15, -0.1) is 10.2 Å². The number of nitrogens with zero attached hydrogens (tertiary/aromatic N) is 3. The average molecular weight is 278 g/mol. The number of rotatable bonds is 5. The van der Waals surface area contributed by atoms with E-state index in [1.54, 1.807) is 0 Å². The van der Waals surface area contributed by atoms with Crippen LogP contribution in [0, 0.1) is 5.92 Å². The number of hydrogen-bond acceptors (Lipinski definition) is 4. The topological polar surface area (TPSA) is 59.3 Å². The Balaban J connectivity index is 1.94. The molecular weight excluding hydrogens is 260 g/mol. The van der Waals surface area contributed by atoms with Gasteiger partial charge in [-0.25, -0.2) is 0 Å². The van der Waals surface area contributed by atoms with Crippen LogP contribution in [0.15, 0.2) is 29.6 Å². The second-order valence-corrected chi connectivity index (χ2v) is 5.74. The molecular formula is C13H18N4OS. The van der Waals surface area contributed by atoms with Gasteiger partial charge >= 0.3 is 0 Å². The molecule has 2 heterocycles. The fourth-order valence-corrected chi connectivity index (χ4v) is 2.25. The van der Waals surface area contributed by atoms with Gasteiger partial charge in [0.05, 0.1) is 5.75 Å². The molecule has 0 fully saturated rings. The van der Waals surface area contributed by atoms with Crippen LogP contribution < -0.4 is 5.32 Å². The van der Waals surface area contributed by atoms with Gasteiger partial charge in [0.2, 0.25) is 5.91 Å². The van der Waals surface area contributed by atoms with Crippen molar-refractivity contribution < 1.29 is 4.79 Å². The van der Waals surface area contributed by atoms with E-state index in [1.165, 1.54) is 11.8 Å². The number of thioether (sulfide) groups is 1. The normalized spacial score (nSPS) is 12.8. The third-order valence-electron chi connectivity index (χ3n) is 3.00. The minimum absolute atomic E-state index is 0.0267. The van der Waals surface area contributed by atoms with E-state index in [0.29, 0.717) is 11.7 Å². The predicted molar refractivity (Wildman–Crippen MR) is 76.2 cm³/mol.